The predicted octanol–water partition coefficient (Wildman–Crippen LogP) is 5.30. The highest BCUT2D eigenvalue weighted by Crippen LogP contribution is 2.49. The summed E-state index contributed by atoms with van der Waals surface area (Å²) in [6.07, 6.45) is 3.00. The number of nitrogens with zero attached hydrogens (tertiary/aromatic N) is 6. The van der Waals surface area contributed by atoms with Crippen molar-refractivity contribution in [1.82, 2.24) is 24.6 Å². The maximum absolute atomic E-state index is 14.8. The van der Waals surface area contributed by atoms with E-state index < -0.39 is 11.6 Å². The molecule has 9 nitrogen and oxygen atoms in total. The number of ether oxygens (including phenoxy) is 3. The van der Waals surface area contributed by atoms with Crippen LogP contribution in [0.15, 0.2) is 42.5 Å². The van der Waals surface area contributed by atoms with E-state index in [4.69, 9.17) is 30.8 Å². The minimum atomic E-state index is -1.27. The maximum atomic E-state index is 14.8. The average molecular weight is 575 g/mol. The van der Waals surface area contributed by atoms with Crippen molar-refractivity contribution in [3.05, 3.63) is 75.9 Å². The fourth-order valence-electron chi connectivity index (χ4n) is 6.01. The smallest absolute Gasteiger partial charge is 0.278 e. The number of nitriles is 1. The van der Waals surface area contributed by atoms with Crippen LogP contribution in [-0.2, 0) is 23.6 Å². The molecule has 0 saturated carbocycles. The van der Waals surface area contributed by atoms with Crippen molar-refractivity contribution < 1.29 is 18.6 Å². The van der Waals surface area contributed by atoms with Crippen LogP contribution >= 0.6 is 11.6 Å². The number of halogens is 2. The molecule has 5 heterocycles. The summed E-state index contributed by atoms with van der Waals surface area (Å²) in [5.41, 5.74) is 3.00. The highest BCUT2D eigenvalue weighted by molar-refractivity contribution is 6.30. The fraction of sp³-hybridized carbons (Fsp3) is 0.400. The first-order chi connectivity index (χ1) is 19.9. The number of rotatable bonds is 6. The molecule has 0 aliphatic carbocycles. The molecule has 0 N–H and O–H groups in total. The Labute approximate surface area is 241 Å². The third kappa shape index (κ3) is 4.78. The van der Waals surface area contributed by atoms with Crippen molar-refractivity contribution in [3.63, 3.8) is 0 Å². The summed E-state index contributed by atoms with van der Waals surface area (Å²) >= 11 is 5.97. The van der Waals surface area contributed by atoms with Gasteiger partial charge in [0, 0.05) is 30.2 Å². The fourth-order valence-corrected chi connectivity index (χ4v) is 6.17. The lowest BCUT2D eigenvalue weighted by atomic mass is 9.88. The van der Waals surface area contributed by atoms with Gasteiger partial charge in [-0.05, 0) is 62.5 Å². The minimum absolute atomic E-state index is 0.142. The van der Waals surface area contributed by atoms with Crippen molar-refractivity contribution in [2.45, 2.75) is 57.1 Å². The van der Waals surface area contributed by atoms with Crippen molar-refractivity contribution in [3.8, 4) is 17.6 Å². The zero-order valence-corrected chi connectivity index (χ0v) is 23.3. The molecular formula is C30H28ClFN6O3. The molecule has 41 heavy (non-hydrogen) atoms. The number of likely N-dealkylation sites (tertiary alicyclic amines) is 1. The molecule has 210 valence electrons. The predicted molar refractivity (Wildman–Crippen MR) is 148 cm³/mol. The van der Waals surface area contributed by atoms with E-state index in [2.05, 4.69) is 25.7 Å². The van der Waals surface area contributed by atoms with Gasteiger partial charge in [-0.25, -0.2) is 9.37 Å². The number of piperidine rings is 1. The Bertz CT molecular complexity index is 1680. The Morgan fingerprint density at radius 3 is 2.68 bits per heavy atom. The molecule has 11 heteroatoms. The maximum Gasteiger partial charge on any atom is 0.278 e. The Morgan fingerprint density at radius 1 is 1.12 bits per heavy atom. The van der Waals surface area contributed by atoms with E-state index in [0.29, 0.717) is 46.3 Å². The Hall–Kier alpha value is -3.78. The number of para-hydroxylation sites is 1. The van der Waals surface area contributed by atoms with Crippen LogP contribution in [0.25, 0.3) is 11.2 Å². The summed E-state index contributed by atoms with van der Waals surface area (Å²) in [6, 6.07) is 14.2. The quantitative estimate of drug-likeness (QED) is 0.306. The number of benzene rings is 2. The zero-order chi connectivity index (χ0) is 28.1. The van der Waals surface area contributed by atoms with Crippen molar-refractivity contribution in [2.24, 2.45) is 0 Å². The first-order valence-corrected chi connectivity index (χ1v) is 14.2. The third-order valence-corrected chi connectivity index (χ3v) is 8.52. The molecule has 2 fully saturated rings. The van der Waals surface area contributed by atoms with Crippen LogP contribution in [-0.4, -0.2) is 50.4 Å². The largest absolute Gasteiger partial charge is 0.444 e. The van der Waals surface area contributed by atoms with Crippen LogP contribution < -0.4 is 9.47 Å². The lowest BCUT2D eigenvalue weighted by molar-refractivity contribution is -0.0712. The Balaban J connectivity index is 1.08. The summed E-state index contributed by atoms with van der Waals surface area (Å²) in [7, 11) is 0. The van der Waals surface area contributed by atoms with E-state index >= 15 is 0 Å². The van der Waals surface area contributed by atoms with E-state index in [0.717, 1.165) is 50.3 Å². The monoisotopic (exact) mass is 574 g/mol. The molecule has 2 aromatic carbocycles. The van der Waals surface area contributed by atoms with Gasteiger partial charge in [-0.3, -0.25) is 4.90 Å². The van der Waals surface area contributed by atoms with E-state index in [1.54, 1.807) is 25.1 Å². The standard InChI is InChI=1S/C30H28ClFN6O3/c1-30(23-6-5-19(31)13-24(23)32)40-26-4-2-3-22(28(26)41-30)18-7-10-37(11-8-18)17-27-34-25-14-20(15-33)35-36-29(25)38(27)16-21-9-12-39-21/h2-6,13-14,18,21H,7-12,16-17H2,1H3/t21-,30-/m0/s1. The summed E-state index contributed by atoms with van der Waals surface area (Å²) < 4.78 is 35.1. The summed E-state index contributed by atoms with van der Waals surface area (Å²) in [6.45, 7) is 5.58. The Kier molecular flexibility index (Phi) is 6.53. The minimum Gasteiger partial charge on any atom is -0.444 e. The first-order valence-electron chi connectivity index (χ1n) is 13.8. The highest BCUT2D eigenvalue weighted by Gasteiger charge is 2.43. The third-order valence-electron chi connectivity index (χ3n) is 8.29. The number of fused-ring (bicyclic) bond motifs is 2. The van der Waals surface area contributed by atoms with Crippen LogP contribution in [0, 0.1) is 17.1 Å². The van der Waals surface area contributed by atoms with Gasteiger partial charge in [-0.15, -0.1) is 10.2 Å². The number of hydrogen-bond acceptors (Lipinski definition) is 8. The molecule has 0 unspecified atom stereocenters. The molecule has 2 atom stereocenters. The molecule has 4 aromatic rings. The Morgan fingerprint density at radius 2 is 1.95 bits per heavy atom. The number of aromatic nitrogens is 4. The lowest BCUT2D eigenvalue weighted by Crippen LogP contribution is -2.35. The van der Waals surface area contributed by atoms with Gasteiger partial charge < -0.3 is 18.8 Å². The van der Waals surface area contributed by atoms with Crippen LogP contribution in [0.4, 0.5) is 4.39 Å². The van der Waals surface area contributed by atoms with Crippen molar-refractivity contribution in [2.75, 3.05) is 19.7 Å². The van der Waals surface area contributed by atoms with E-state index in [9.17, 15) is 9.65 Å². The second kappa shape index (κ2) is 10.2. The molecule has 3 aliphatic heterocycles. The zero-order valence-electron chi connectivity index (χ0n) is 22.5. The normalized spacial score (nSPS) is 22.5. The van der Waals surface area contributed by atoms with E-state index in [-0.39, 0.29) is 17.7 Å². The van der Waals surface area contributed by atoms with Gasteiger partial charge in [0.25, 0.3) is 5.79 Å². The second-order valence-electron chi connectivity index (χ2n) is 11.0. The van der Waals surface area contributed by atoms with Gasteiger partial charge in [0.05, 0.1) is 24.8 Å². The molecule has 0 radical (unpaired) electrons. The number of hydrogen-bond donors (Lipinski definition) is 0. The van der Waals surface area contributed by atoms with Crippen LogP contribution in [0.3, 0.4) is 0 Å². The summed E-state index contributed by atoms with van der Waals surface area (Å²) in [5.74, 6) is 0.728. The van der Waals surface area contributed by atoms with Gasteiger partial charge >= 0.3 is 0 Å². The molecule has 0 amide bonds. The molecule has 2 saturated heterocycles. The molecule has 2 aromatic heterocycles. The van der Waals surface area contributed by atoms with E-state index in [1.165, 1.54) is 6.07 Å². The van der Waals surface area contributed by atoms with Crippen LogP contribution in [0.5, 0.6) is 11.5 Å². The van der Waals surface area contributed by atoms with Crippen molar-refractivity contribution in [1.29, 1.82) is 5.26 Å². The molecule has 0 spiro atoms. The number of imidazole rings is 1. The second-order valence-corrected chi connectivity index (χ2v) is 11.4. The van der Waals surface area contributed by atoms with Gasteiger partial charge in [0.1, 0.15) is 23.2 Å². The average Bonchev–Trinajstić information content (AvgIpc) is 3.47. The molecule has 3 aliphatic rings. The van der Waals surface area contributed by atoms with Gasteiger partial charge in [0.2, 0.25) is 0 Å². The summed E-state index contributed by atoms with van der Waals surface area (Å²) in [4.78, 5) is 7.24. The highest BCUT2D eigenvalue weighted by atomic mass is 35.5. The topological polar surface area (TPSA) is 98.3 Å². The van der Waals surface area contributed by atoms with Crippen LogP contribution in [0.2, 0.25) is 5.02 Å². The van der Waals surface area contributed by atoms with Gasteiger partial charge in [-0.1, -0.05) is 23.7 Å². The van der Waals surface area contributed by atoms with Crippen LogP contribution in [0.1, 0.15) is 54.7 Å². The van der Waals surface area contributed by atoms with Gasteiger partial charge in [-0.2, -0.15) is 5.26 Å². The first kappa shape index (κ1) is 26.1. The molecule has 0 bridgehead atoms. The van der Waals surface area contributed by atoms with Gasteiger partial charge in [0.15, 0.2) is 22.8 Å². The van der Waals surface area contributed by atoms with Crippen molar-refractivity contribution >= 4 is 22.8 Å². The molecular weight excluding hydrogens is 547 g/mol. The lowest BCUT2D eigenvalue weighted by Gasteiger charge is -2.33. The summed E-state index contributed by atoms with van der Waals surface area (Å²) in [5, 5.41) is 17.9. The van der Waals surface area contributed by atoms with E-state index in [1.807, 2.05) is 18.2 Å². The SMILES string of the molecule is C[C@]1(c2ccc(Cl)cc2F)Oc2cccc(C3CCN(Cc4nc5cc(C#N)nnc5n4C[C@@H]4CCO4)CC3)c2O1. The molecule has 7 rings (SSSR count).